The van der Waals surface area contributed by atoms with Gasteiger partial charge in [-0.15, -0.1) is 0 Å². The van der Waals surface area contributed by atoms with Crippen LogP contribution in [-0.4, -0.2) is 11.7 Å². The molecule has 2 nitrogen and oxygen atoms in total. The van der Waals surface area contributed by atoms with Gasteiger partial charge < -0.3 is 10.8 Å². The molecule has 0 spiro atoms. The molecule has 1 saturated carbocycles. The molecule has 0 amide bonds. The Balaban J connectivity index is 2.08. The average molecular weight is 259 g/mol. The number of nitrogens with two attached hydrogens (primary N) is 1. The molecule has 2 heteroatoms. The fourth-order valence-corrected chi connectivity index (χ4v) is 4.16. The van der Waals surface area contributed by atoms with Crippen LogP contribution in [0.15, 0.2) is 12.1 Å². The first kappa shape index (κ1) is 13.0. The smallest absolute Gasteiger partial charge is 0.119 e. The van der Waals surface area contributed by atoms with Crippen LogP contribution in [0.5, 0.6) is 5.75 Å². The standard InChI is InChI=1S/C17H25NO/c18-12-17(10-4-1-5-11-17)15-8-9-16(19)14-7-3-2-6-13(14)15/h8-9,19H,1-7,10-12,18H2. The number of benzene rings is 1. The second kappa shape index (κ2) is 5.16. The first-order valence-corrected chi connectivity index (χ1v) is 7.81. The molecule has 2 aliphatic rings. The number of hydrogen-bond acceptors (Lipinski definition) is 2. The Kier molecular flexibility index (Phi) is 3.53. The molecule has 0 atom stereocenters. The van der Waals surface area contributed by atoms with Gasteiger partial charge in [0.25, 0.3) is 0 Å². The SMILES string of the molecule is NCC1(c2ccc(O)c3c2CCCC3)CCCCC1. The molecule has 3 rings (SSSR count). The zero-order valence-electron chi connectivity index (χ0n) is 11.8. The number of hydrogen-bond donors (Lipinski definition) is 2. The molecule has 1 aromatic rings. The third-order valence-corrected chi connectivity index (χ3v) is 5.28. The fourth-order valence-electron chi connectivity index (χ4n) is 4.16. The molecule has 1 aromatic carbocycles. The molecule has 0 unspecified atom stereocenters. The molecule has 0 bridgehead atoms. The minimum absolute atomic E-state index is 0.188. The molecule has 1 fully saturated rings. The number of phenols is 1. The largest absolute Gasteiger partial charge is 0.508 e. The number of phenolic OH excluding ortho intramolecular Hbond substituents is 1. The van der Waals surface area contributed by atoms with E-state index in [4.69, 9.17) is 5.73 Å². The zero-order chi connectivity index (χ0) is 13.3. The van der Waals surface area contributed by atoms with E-state index in [0.717, 1.165) is 19.4 Å². The van der Waals surface area contributed by atoms with E-state index in [0.29, 0.717) is 5.75 Å². The zero-order valence-corrected chi connectivity index (χ0v) is 11.8. The Morgan fingerprint density at radius 2 is 1.63 bits per heavy atom. The van der Waals surface area contributed by atoms with Crippen molar-refractivity contribution in [1.82, 2.24) is 0 Å². The summed E-state index contributed by atoms with van der Waals surface area (Å²) in [6, 6.07) is 4.07. The van der Waals surface area contributed by atoms with Crippen LogP contribution in [0.4, 0.5) is 0 Å². The van der Waals surface area contributed by atoms with Crippen LogP contribution < -0.4 is 5.73 Å². The van der Waals surface area contributed by atoms with E-state index in [1.165, 1.54) is 61.6 Å². The maximum Gasteiger partial charge on any atom is 0.119 e. The van der Waals surface area contributed by atoms with Gasteiger partial charge in [-0.1, -0.05) is 25.3 Å². The topological polar surface area (TPSA) is 46.2 Å². The summed E-state index contributed by atoms with van der Waals surface area (Å²) in [6.45, 7) is 0.754. The predicted octanol–water partition coefficient (Wildman–Crippen LogP) is 3.43. The van der Waals surface area contributed by atoms with Crippen LogP contribution in [-0.2, 0) is 18.3 Å². The molecule has 2 aliphatic carbocycles. The molecule has 0 saturated heterocycles. The number of rotatable bonds is 2. The van der Waals surface area contributed by atoms with Crippen LogP contribution in [0.1, 0.15) is 61.6 Å². The van der Waals surface area contributed by atoms with Gasteiger partial charge in [-0.2, -0.15) is 0 Å². The van der Waals surface area contributed by atoms with Gasteiger partial charge in [-0.05, 0) is 61.3 Å². The second-order valence-electron chi connectivity index (χ2n) is 6.34. The monoisotopic (exact) mass is 259 g/mol. The summed E-state index contributed by atoms with van der Waals surface area (Å²) >= 11 is 0. The van der Waals surface area contributed by atoms with Crippen LogP contribution >= 0.6 is 0 Å². The molecule has 0 heterocycles. The quantitative estimate of drug-likeness (QED) is 0.854. The molecular weight excluding hydrogens is 234 g/mol. The first-order chi connectivity index (χ1) is 9.27. The van der Waals surface area contributed by atoms with Crippen molar-refractivity contribution in [2.24, 2.45) is 5.73 Å². The van der Waals surface area contributed by atoms with Crippen molar-refractivity contribution in [2.75, 3.05) is 6.54 Å². The normalized spacial score (nSPS) is 21.9. The third kappa shape index (κ3) is 2.16. The van der Waals surface area contributed by atoms with E-state index < -0.39 is 0 Å². The summed E-state index contributed by atoms with van der Waals surface area (Å²) in [5.74, 6) is 0.501. The van der Waals surface area contributed by atoms with E-state index in [1.807, 2.05) is 6.07 Å². The molecule has 104 valence electrons. The second-order valence-corrected chi connectivity index (χ2v) is 6.34. The highest BCUT2D eigenvalue weighted by molar-refractivity contribution is 5.49. The Labute approximate surface area is 116 Å². The lowest BCUT2D eigenvalue weighted by atomic mass is 9.66. The van der Waals surface area contributed by atoms with E-state index in [-0.39, 0.29) is 5.41 Å². The van der Waals surface area contributed by atoms with E-state index in [1.54, 1.807) is 0 Å². The Hall–Kier alpha value is -1.02. The summed E-state index contributed by atoms with van der Waals surface area (Å²) in [5, 5.41) is 10.1. The van der Waals surface area contributed by atoms with Gasteiger partial charge in [-0.25, -0.2) is 0 Å². The summed E-state index contributed by atoms with van der Waals surface area (Å²) in [6.07, 6.45) is 11.0. The van der Waals surface area contributed by atoms with Gasteiger partial charge in [0, 0.05) is 12.0 Å². The highest BCUT2D eigenvalue weighted by Crippen LogP contribution is 2.43. The first-order valence-electron chi connectivity index (χ1n) is 7.81. The number of fused-ring (bicyclic) bond motifs is 1. The van der Waals surface area contributed by atoms with Crippen molar-refractivity contribution in [1.29, 1.82) is 0 Å². The highest BCUT2D eigenvalue weighted by atomic mass is 16.3. The Bertz CT molecular complexity index is 461. The maximum atomic E-state index is 10.1. The lowest BCUT2D eigenvalue weighted by molar-refractivity contribution is 0.297. The highest BCUT2D eigenvalue weighted by Gasteiger charge is 2.35. The lowest BCUT2D eigenvalue weighted by Crippen LogP contribution is -2.38. The van der Waals surface area contributed by atoms with Crippen LogP contribution in [0.2, 0.25) is 0 Å². The minimum atomic E-state index is 0.188. The maximum absolute atomic E-state index is 10.1. The average Bonchev–Trinajstić information content (AvgIpc) is 2.48. The van der Waals surface area contributed by atoms with E-state index in [9.17, 15) is 5.11 Å². The fraction of sp³-hybridized carbons (Fsp3) is 0.647. The minimum Gasteiger partial charge on any atom is -0.508 e. The van der Waals surface area contributed by atoms with Gasteiger partial charge in [0.1, 0.15) is 5.75 Å². The van der Waals surface area contributed by atoms with Crippen LogP contribution in [0.25, 0.3) is 0 Å². The van der Waals surface area contributed by atoms with Crippen molar-refractivity contribution in [3.8, 4) is 5.75 Å². The molecule has 0 aliphatic heterocycles. The molecule has 3 N–H and O–H groups in total. The van der Waals surface area contributed by atoms with Gasteiger partial charge in [0.15, 0.2) is 0 Å². The number of aromatic hydroxyl groups is 1. The van der Waals surface area contributed by atoms with Crippen LogP contribution in [0, 0.1) is 0 Å². The van der Waals surface area contributed by atoms with Crippen molar-refractivity contribution in [3.63, 3.8) is 0 Å². The molecule has 0 aromatic heterocycles. The van der Waals surface area contributed by atoms with Crippen molar-refractivity contribution in [3.05, 3.63) is 28.8 Å². The Morgan fingerprint density at radius 1 is 0.947 bits per heavy atom. The molecular formula is C17H25NO. The molecule has 0 radical (unpaired) electrons. The van der Waals surface area contributed by atoms with Crippen molar-refractivity contribution < 1.29 is 5.11 Å². The predicted molar refractivity (Wildman–Crippen MR) is 78.6 cm³/mol. The summed E-state index contributed by atoms with van der Waals surface area (Å²) < 4.78 is 0. The third-order valence-electron chi connectivity index (χ3n) is 5.28. The van der Waals surface area contributed by atoms with Gasteiger partial charge in [-0.3, -0.25) is 0 Å². The molecule has 19 heavy (non-hydrogen) atoms. The van der Waals surface area contributed by atoms with Crippen molar-refractivity contribution >= 4 is 0 Å². The summed E-state index contributed by atoms with van der Waals surface area (Å²) in [5.41, 5.74) is 10.5. The van der Waals surface area contributed by atoms with Gasteiger partial charge in [0.2, 0.25) is 0 Å². The van der Waals surface area contributed by atoms with Gasteiger partial charge >= 0.3 is 0 Å². The van der Waals surface area contributed by atoms with Crippen LogP contribution in [0.3, 0.4) is 0 Å². The van der Waals surface area contributed by atoms with Crippen molar-refractivity contribution in [2.45, 2.75) is 63.2 Å². The van der Waals surface area contributed by atoms with Gasteiger partial charge in [0.05, 0.1) is 0 Å². The summed E-state index contributed by atoms with van der Waals surface area (Å²) in [4.78, 5) is 0. The summed E-state index contributed by atoms with van der Waals surface area (Å²) in [7, 11) is 0. The lowest BCUT2D eigenvalue weighted by Gasteiger charge is -2.39. The Morgan fingerprint density at radius 3 is 2.32 bits per heavy atom. The van der Waals surface area contributed by atoms with E-state index >= 15 is 0 Å². The van der Waals surface area contributed by atoms with E-state index in [2.05, 4.69) is 6.07 Å².